The number of nitrogens with zero attached hydrogens (tertiary/aromatic N) is 1. The first kappa shape index (κ1) is 17.0. The van der Waals surface area contributed by atoms with Crippen LogP contribution in [0, 0.1) is 0 Å². The maximum Gasteiger partial charge on any atom is 0.303 e. The van der Waals surface area contributed by atoms with Crippen molar-refractivity contribution in [2.75, 3.05) is 0 Å². The van der Waals surface area contributed by atoms with E-state index in [1.54, 1.807) is 0 Å². The highest BCUT2D eigenvalue weighted by atomic mass is 35.5. The van der Waals surface area contributed by atoms with Gasteiger partial charge in [-0.3, -0.25) is 4.79 Å². The molecule has 0 unspecified atom stereocenters. The van der Waals surface area contributed by atoms with Crippen molar-refractivity contribution >= 4 is 17.6 Å². The number of aliphatic carboxylic acids is 1. The van der Waals surface area contributed by atoms with Gasteiger partial charge in [0.1, 0.15) is 11.5 Å². The number of aryl methyl sites for hydroxylation is 1. The van der Waals surface area contributed by atoms with Crippen LogP contribution in [0.4, 0.5) is 0 Å². The lowest BCUT2D eigenvalue weighted by atomic mass is 9.75. The Labute approximate surface area is 146 Å². The molecule has 24 heavy (non-hydrogen) atoms. The van der Waals surface area contributed by atoms with Crippen molar-refractivity contribution in [2.45, 2.75) is 57.3 Å². The van der Waals surface area contributed by atoms with Crippen LogP contribution < -0.4 is 0 Å². The van der Waals surface area contributed by atoms with Gasteiger partial charge in [-0.05, 0) is 25.0 Å². The van der Waals surface area contributed by atoms with Crippen LogP contribution in [-0.2, 0) is 16.6 Å². The second-order valence-corrected chi connectivity index (χ2v) is 7.25. The van der Waals surface area contributed by atoms with Gasteiger partial charge in [-0.15, -0.1) is 0 Å². The fourth-order valence-corrected chi connectivity index (χ4v) is 3.51. The topological polar surface area (TPSA) is 63.3 Å². The molecule has 1 aliphatic carbocycles. The average molecular weight is 348 g/mol. The van der Waals surface area contributed by atoms with Crippen molar-refractivity contribution < 1.29 is 14.3 Å². The molecule has 0 atom stereocenters. The Bertz CT molecular complexity index is 715. The number of hydrogen-bond acceptors (Lipinski definition) is 3. The zero-order valence-electron chi connectivity index (χ0n) is 13.8. The quantitative estimate of drug-likeness (QED) is 0.803. The molecule has 0 spiro atoms. The lowest BCUT2D eigenvalue weighted by molar-refractivity contribution is -0.137. The molecule has 0 aliphatic heterocycles. The standard InChI is InChI=1S/C19H22ClNO3/c1-19(11-3-2-4-12-19)18-21-17(13-5-7-14(20)8-6-13)15(24-18)9-10-16(22)23/h5-8H,2-4,9-12H2,1H3,(H,22,23). The van der Waals surface area contributed by atoms with Crippen molar-refractivity contribution in [3.63, 3.8) is 0 Å². The zero-order chi connectivity index (χ0) is 17.2. The van der Waals surface area contributed by atoms with Crippen molar-refractivity contribution in [3.8, 4) is 11.3 Å². The molecule has 1 N–H and O–H groups in total. The SMILES string of the molecule is CC1(c2nc(-c3ccc(Cl)cc3)c(CCC(=O)O)o2)CCCCC1. The molecule has 0 saturated heterocycles. The molecule has 1 aliphatic rings. The van der Waals surface area contributed by atoms with Crippen LogP contribution in [0.1, 0.15) is 57.1 Å². The Morgan fingerprint density at radius 1 is 1.25 bits per heavy atom. The average Bonchev–Trinajstić information content (AvgIpc) is 2.99. The number of aromatic nitrogens is 1. The molecule has 0 radical (unpaired) electrons. The van der Waals surface area contributed by atoms with Gasteiger partial charge in [0, 0.05) is 22.4 Å². The highest BCUT2D eigenvalue weighted by Crippen LogP contribution is 2.40. The smallest absolute Gasteiger partial charge is 0.303 e. The Kier molecular flexibility index (Phi) is 4.95. The summed E-state index contributed by atoms with van der Waals surface area (Å²) in [6, 6.07) is 7.43. The summed E-state index contributed by atoms with van der Waals surface area (Å²) in [5, 5.41) is 9.66. The lowest BCUT2D eigenvalue weighted by Gasteiger charge is -2.30. The van der Waals surface area contributed by atoms with Crippen LogP contribution in [0.3, 0.4) is 0 Å². The number of carbonyl (C=O) groups is 1. The van der Waals surface area contributed by atoms with Crippen LogP contribution in [-0.4, -0.2) is 16.1 Å². The molecular formula is C19H22ClNO3. The van der Waals surface area contributed by atoms with Crippen LogP contribution in [0.2, 0.25) is 5.02 Å². The summed E-state index contributed by atoms with van der Waals surface area (Å²) in [6.07, 6.45) is 6.12. The monoisotopic (exact) mass is 347 g/mol. The summed E-state index contributed by atoms with van der Waals surface area (Å²) in [4.78, 5) is 15.7. The number of carboxylic acids is 1. The van der Waals surface area contributed by atoms with Gasteiger partial charge >= 0.3 is 5.97 Å². The van der Waals surface area contributed by atoms with Gasteiger partial charge in [-0.2, -0.15) is 0 Å². The van der Waals surface area contributed by atoms with Gasteiger partial charge in [-0.25, -0.2) is 4.98 Å². The van der Waals surface area contributed by atoms with E-state index in [0.29, 0.717) is 17.2 Å². The fourth-order valence-electron chi connectivity index (χ4n) is 3.38. The molecule has 0 bridgehead atoms. The van der Waals surface area contributed by atoms with E-state index in [4.69, 9.17) is 26.1 Å². The van der Waals surface area contributed by atoms with Crippen molar-refractivity contribution in [1.82, 2.24) is 4.98 Å². The van der Waals surface area contributed by atoms with Gasteiger partial charge in [0.2, 0.25) is 5.89 Å². The minimum atomic E-state index is -0.834. The highest BCUT2D eigenvalue weighted by molar-refractivity contribution is 6.30. The van der Waals surface area contributed by atoms with E-state index in [2.05, 4.69) is 6.92 Å². The normalized spacial score (nSPS) is 16.9. The first-order valence-corrected chi connectivity index (χ1v) is 8.84. The van der Waals surface area contributed by atoms with Gasteiger partial charge in [0.25, 0.3) is 0 Å². The minimum absolute atomic E-state index is 0.0337. The number of benzene rings is 1. The summed E-state index contributed by atoms with van der Waals surface area (Å²) < 4.78 is 6.08. The molecular weight excluding hydrogens is 326 g/mol. The number of hydrogen-bond donors (Lipinski definition) is 1. The largest absolute Gasteiger partial charge is 0.481 e. The Balaban J connectivity index is 1.98. The second-order valence-electron chi connectivity index (χ2n) is 6.81. The second kappa shape index (κ2) is 6.98. The summed E-state index contributed by atoms with van der Waals surface area (Å²) in [7, 11) is 0. The third-order valence-corrected chi connectivity index (χ3v) is 5.11. The molecule has 2 aromatic rings. The molecule has 0 amide bonds. The molecule has 3 rings (SSSR count). The van der Waals surface area contributed by atoms with Gasteiger partial charge in [-0.1, -0.05) is 49.9 Å². The van der Waals surface area contributed by atoms with Crippen LogP contribution in [0.25, 0.3) is 11.3 Å². The van der Waals surface area contributed by atoms with E-state index in [1.807, 2.05) is 24.3 Å². The number of rotatable bonds is 5. The Morgan fingerprint density at radius 2 is 1.92 bits per heavy atom. The van der Waals surface area contributed by atoms with E-state index in [-0.39, 0.29) is 11.8 Å². The third-order valence-electron chi connectivity index (χ3n) is 4.85. The van der Waals surface area contributed by atoms with E-state index in [0.717, 1.165) is 30.0 Å². The summed E-state index contributed by atoms with van der Waals surface area (Å²) in [5.74, 6) is 0.563. The number of halogens is 1. The molecule has 1 saturated carbocycles. The van der Waals surface area contributed by atoms with Crippen molar-refractivity contribution in [3.05, 3.63) is 40.9 Å². The molecule has 128 valence electrons. The first-order valence-electron chi connectivity index (χ1n) is 8.46. The summed E-state index contributed by atoms with van der Waals surface area (Å²) in [5.41, 5.74) is 1.60. The summed E-state index contributed by atoms with van der Waals surface area (Å²) >= 11 is 5.97. The van der Waals surface area contributed by atoms with Crippen LogP contribution in [0.5, 0.6) is 0 Å². The van der Waals surface area contributed by atoms with Crippen molar-refractivity contribution in [1.29, 1.82) is 0 Å². The van der Waals surface area contributed by atoms with Crippen LogP contribution in [0.15, 0.2) is 28.7 Å². The molecule has 4 nitrogen and oxygen atoms in total. The number of oxazole rings is 1. The minimum Gasteiger partial charge on any atom is -0.481 e. The van der Waals surface area contributed by atoms with Gasteiger partial charge in [0.15, 0.2) is 0 Å². The zero-order valence-corrected chi connectivity index (χ0v) is 14.6. The molecule has 1 heterocycles. The first-order chi connectivity index (χ1) is 11.5. The maximum atomic E-state index is 11.0. The lowest BCUT2D eigenvalue weighted by Crippen LogP contribution is -2.25. The Morgan fingerprint density at radius 3 is 2.54 bits per heavy atom. The molecule has 1 aromatic heterocycles. The summed E-state index contributed by atoms with van der Waals surface area (Å²) in [6.45, 7) is 2.20. The van der Waals surface area contributed by atoms with E-state index in [9.17, 15) is 4.79 Å². The predicted octanol–water partition coefficient (Wildman–Crippen LogP) is 5.23. The molecule has 5 heteroatoms. The molecule has 1 aromatic carbocycles. The molecule has 1 fully saturated rings. The van der Waals surface area contributed by atoms with E-state index >= 15 is 0 Å². The Hall–Kier alpha value is -1.81. The van der Waals surface area contributed by atoms with E-state index in [1.165, 1.54) is 19.3 Å². The number of carboxylic acid groups (broad SMARTS) is 1. The van der Waals surface area contributed by atoms with Crippen LogP contribution >= 0.6 is 11.6 Å². The van der Waals surface area contributed by atoms with Gasteiger partial charge in [0.05, 0.1) is 6.42 Å². The van der Waals surface area contributed by atoms with Gasteiger partial charge < -0.3 is 9.52 Å². The maximum absolute atomic E-state index is 11.0. The fraction of sp³-hybridized carbons (Fsp3) is 0.474. The highest BCUT2D eigenvalue weighted by Gasteiger charge is 2.34. The van der Waals surface area contributed by atoms with Crippen molar-refractivity contribution in [2.24, 2.45) is 0 Å². The third kappa shape index (κ3) is 3.64. The predicted molar refractivity (Wildman–Crippen MR) is 93.3 cm³/mol. The van der Waals surface area contributed by atoms with E-state index < -0.39 is 5.97 Å².